The standard InChI is InChI=1S/C15H31N3O/c1-14(2)11-13(16)12-15(3,4)18(14)6-5-17-7-9-19-10-8-17/h13H,5-12,16H2,1-4H3. The second kappa shape index (κ2) is 5.68. The highest BCUT2D eigenvalue weighted by atomic mass is 16.5. The fraction of sp³-hybridized carbons (Fsp3) is 1.00. The van der Waals surface area contributed by atoms with Gasteiger partial charge in [-0.1, -0.05) is 0 Å². The summed E-state index contributed by atoms with van der Waals surface area (Å²) in [5.74, 6) is 0. The molecular weight excluding hydrogens is 238 g/mol. The van der Waals surface area contributed by atoms with Crippen LogP contribution >= 0.6 is 0 Å². The molecule has 2 aliphatic rings. The zero-order valence-electron chi connectivity index (χ0n) is 13.1. The highest BCUT2D eigenvalue weighted by Gasteiger charge is 2.43. The molecule has 4 nitrogen and oxygen atoms in total. The Balaban J connectivity index is 1.95. The van der Waals surface area contributed by atoms with E-state index in [1.165, 1.54) is 0 Å². The highest BCUT2D eigenvalue weighted by molar-refractivity contribution is 5.01. The predicted octanol–water partition coefficient (Wildman–Crippen LogP) is 1.30. The van der Waals surface area contributed by atoms with Crippen LogP contribution in [-0.4, -0.2) is 66.3 Å². The lowest BCUT2D eigenvalue weighted by Gasteiger charge is -2.55. The van der Waals surface area contributed by atoms with Crippen LogP contribution in [0, 0.1) is 0 Å². The van der Waals surface area contributed by atoms with Crippen molar-refractivity contribution < 1.29 is 4.74 Å². The van der Waals surface area contributed by atoms with Crippen molar-refractivity contribution in [1.29, 1.82) is 0 Å². The first-order chi connectivity index (χ1) is 8.81. The van der Waals surface area contributed by atoms with E-state index >= 15 is 0 Å². The zero-order valence-corrected chi connectivity index (χ0v) is 13.1. The minimum atomic E-state index is 0.202. The summed E-state index contributed by atoms with van der Waals surface area (Å²) in [7, 11) is 0. The number of piperidine rings is 1. The second-order valence-electron chi connectivity index (χ2n) is 7.40. The molecule has 0 unspecified atom stereocenters. The Morgan fingerprint density at radius 3 is 2.05 bits per heavy atom. The summed E-state index contributed by atoms with van der Waals surface area (Å²) in [4.78, 5) is 5.18. The van der Waals surface area contributed by atoms with Crippen LogP contribution in [0.3, 0.4) is 0 Å². The average molecular weight is 269 g/mol. The molecule has 0 aromatic carbocycles. The zero-order chi connectivity index (χ0) is 14.1. The summed E-state index contributed by atoms with van der Waals surface area (Å²) in [6.07, 6.45) is 2.19. The van der Waals surface area contributed by atoms with Crippen LogP contribution in [0.4, 0.5) is 0 Å². The van der Waals surface area contributed by atoms with E-state index in [4.69, 9.17) is 10.5 Å². The molecule has 0 aromatic rings. The molecule has 2 aliphatic heterocycles. The van der Waals surface area contributed by atoms with Gasteiger partial charge >= 0.3 is 0 Å². The van der Waals surface area contributed by atoms with Crippen LogP contribution in [0.15, 0.2) is 0 Å². The van der Waals surface area contributed by atoms with Gasteiger partial charge in [0.15, 0.2) is 0 Å². The van der Waals surface area contributed by atoms with Gasteiger partial charge in [-0.3, -0.25) is 9.80 Å². The van der Waals surface area contributed by atoms with E-state index < -0.39 is 0 Å². The lowest BCUT2D eigenvalue weighted by molar-refractivity contribution is -0.0461. The lowest BCUT2D eigenvalue weighted by atomic mass is 9.77. The van der Waals surface area contributed by atoms with Crippen LogP contribution in [0.1, 0.15) is 40.5 Å². The summed E-state index contributed by atoms with van der Waals surface area (Å²) in [6.45, 7) is 15.6. The maximum atomic E-state index is 6.23. The van der Waals surface area contributed by atoms with E-state index in [0.717, 1.165) is 52.2 Å². The number of likely N-dealkylation sites (tertiary alicyclic amines) is 1. The van der Waals surface area contributed by atoms with E-state index in [-0.39, 0.29) is 11.1 Å². The van der Waals surface area contributed by atoms with Crippen LogP contribution in [-0.2, 0) is 4.74 Å². The van der Waals surface area contributed by atoms with Gasteiger partial charge in [0, 0.05) is 43.3 Å². The maximum absolute atomic E-state index is 6.23. The van der Waals surface area contributed by atoms with Crippen molar-refractivity contribution in [2.75, 3.05) is 39.4 Å². The smallest absolute Gasteiger partial charge is 0.0594 e. The Kier molecular flexibility index (Phi) is 4.56. The van der Waals surface area contributed by atoms with Crippen LogP contribution < -0.4 is 5.73 Å². The average Bonchev–Trinajstić information content (AvgIpc) is 2.26. The SMILES string of the molecule is CC1(C)CC(N)CC(C)(C)N1CCN1CCOCC1. The van der Waals surface area contributed by atoms with Crippen molar-refractivity contribution in [1.82, 2.24) is 9.80 Å². The summed E-state index contributed by atoms with van der Waals surface area (Å²) in [5.41, 5.74) is 6.64. The molecular formula is C15H31N3O. The first-order valence-corrected chi connectivity index (χ1v) is 7.65. The molecule has 0 atom stereocenters. The minimum Gasteiger partial charge on any atom is -0.379 e. The summed E-state index contributed by atoms with van der Waals surface area (Å²) < 4.78 is 5.42. The predicted molar refractivity (Wildman–Crippen MR) is 79.3 cm³/mol. The van der Waals surface area contributed by atoms with Crippen molar-refractivity contribution in [2.24, 2.45) is 5.73 Å². The third-order valence-corrected chi connectivity index (χ3v) is 4.73. The topological polar surface area (TPSA) is 41.7 Å². The molecule has 0 aromatic heterocycles. The van der Waals surface area contributed by atoms with Gasteiger partial charge in [-0.15, -0.1) is 0 Å². The fourth-order valence-electron chi connectivity index (χ4n) is 4.07. The molecule has 0 aliphatic carbocycles. The summed E-state index contributed by atoms with van der Waals surface area (Å²) in [6, 6.07) is 0.338. The van der Waals surface area contributed by atoms with Gasteiger partial charge in [-0.2, -0.15) is 0 Å². The first kappa shape index (κ1) is 15.2. The second-order valence-corrected chi connectivity index (χ2v) is 7.40. The third kappa shape index (κ3) is 3.69. The van der Waals surface area contributed by atoms with E-state index in [1.807, 2.05) is 0 Å². The Morgan fingerprint density at radius 1 is 1.00 bits per heavy atom. The quantitative estimate of drug-likeness (QED) is 0.838. The molecule has 112 valence electrons. The number of ether oxygens (including phenoxy) is 1. The number of rotatable bonds is 3. The van der Waals surface area contributed by atoms with Crippen molar-refractivity contribution in [3.8, 4) is 0 Å². The minimum absolute atomic E-state index is 0.202. The Hall–Kier alpha value is -0.160. The van der Waals surface area contributed by atoms with Gasteiger partial charge in [0.25, 0.3) is 0 Å². The Bertz CT molecular complexity index is 280. The molecule has 19 heavy (non-hydrogen) atoms. The Morgan fingerprint density at radius 2 is 1.53 bits per heavy atom. The number of morpholine rings is 1. The number of hydrogen-bond acceptors (Lipinski definition) is 4. The van der Waals surface area contributed by atoms with E-state index in [2.05, 4.69) is 37.5 Å². The summed E-state index contributed by atoms with van der Waals surface area (Å²) >= 11 is 0. The van der Waals surface area contributed by atoms with Gasteiger partial charge in [-0.25, -0.2) is 0 Å². The molecule has 0 bridgehead atoms. The molecule has 2 fully saturated rings. The molecule has 2 N–H and O–H groups in total. The largest absolute Gasteiger partial charge is 0.379 e. The number of nitrogens with zero attached hydrogens (tertiary/aromatic N) is 2. The molecule has 2 rings (SSSR count). The van der Waals surface area contributed by atoms with Crippen molar-refractivity contribution in [3.05, 3.63) is 0 Å². The molecule has 2 heterocycles. The van der Waals surface area contributed by atoms with E-state index in [9.17, 15) is 0 Å². The molecule has 0 saturated carbocycles. The fourth-order valence-corrected chi connectivity index (χ4v) is 4.07. The van der Waals surface area contributed by atoms with Gasteiger partial charge in [0.05, 0.1) is 13.2 Å². The normalized spacial score (nSPS) is 29.5. The third-order valence-electron chi connectivity index (χ3n) is 4.73. The summed E-state index contributed by atoms with van der Waals surface area (Å²) in [5, 5.41) is 0. The Labute approximate surface area is 118 Å². The van der Waals surface area contributed by atoms with Crippen LogP contribution in [0.2, 0.25) is 0 Å². The monoisotopic (exact) mass is 269 g/mol. The van der Waals surface area contributed by atoms with Gasteiger partial charge in [0.1, 0.15) is 0 Å². The molecule has 0 spiro atoms. The maximum Gasteiger partial charge on any atom is 0.0594 e. The van der Waals surface area contributed by atoms with E-state index in [1.54, 1.807) is 0 Å². The molecule has 2 saturated heterocycles. The van der Waals surface area contributed by atoms with E-state index in [0.29, 0.717) is 6.04 Å². The van der Waals surface area contributed by atoms with Crippen molar-refractivity contribution >= 4 is 0 Å². The first-order valence-electron chi connectivity index (χ1n) is 7.65. The van der Waals surface area contributed by atoms with Crippen molar-refractivity contribution in [3.63, 3.8) is 0 Å². The molecule has 0 amide bonds. The van der Waals surface area contributed by atoms with Crippen LogP contribution in [0.25, 0.3) is 0 Å². The lowest BCUT2D eigenvalue weighted by Crippen LogP contribution is -2.64. The number of nitrogens with two attached hydrogens (primary N) is 1. The highest BCUT2D eigenvalue weighted by Crippen LogP contribution is 2.37. The van der Waals surface area contributed by atoms with Gasteiger partial charge in [0.2, 0.25) is 0 Å². The van der Waals surface area contributed by atoms with Gasteiger partial charge in [-0.05, 0) is 40.5 Å². The van der Waals surface area contributed by atoms with Crippen molar-refractivity contribution in [2.45, 2.75) is 57.7 Å². The molecule has 0 radical (unpaired) electrons. The van der Waals surface area contributed by atoms with Crippen LogP contribution in [0.5, 0.6) is 0 Å². The number of hydrogen-bond donors (Lipinski definition) is 1. The van der Waals surface area contributed by atoms with Gasteiger partial charge < -0.3 is 10.5 Å². The molecule has 4 heteroatoms.